The van der Waals surface area contributed by atoms with Gasteiger partial charge >= 0.3 is 0 Å². The molecular weight excluding hydrogens is 340 g/mol. The highest BCUT2D eigenvalue weighted by Gasteiger charge is 2.11. The summed E-state index contributed by atoms with van der Waals surface area (Å²) in [6.45, 7) is 10.2. The summed E-state index contributed by atoms with van der Waals surface area (Å²) in [7, 11) is 2.00. The van der Waals surface area contributed by atoms with E-state index in [-0.39, 0.29) is 0 Å². The Kier molecular flexibility index (Phi) is 4.62. The van der Waals surface area contributed by atoms with Crippen molar-refractivity contribution >= 4 is 33.1 Å². The Bertz CT molecular complexity index is 1220. The maximum atomic E-state index is 4.25. The van der Waals surface area contributed by atoms with Crippen molar-refractivity contribution in [3.05, 3.63) is 97.7 Å². The summed E-state index contributed by atoms with van der Waals surface area (Å²) in [6, 6.07) is 21.5. The molecule has 0 radical (unpaired) electrons. The lowest BCUT2D eigenvalue weighted by Crippen LogP contribution is -2.09. The number of nitrogens with zero attached hydrogens (tertiary/aromatic N) is 1. The standard InChI is InChI=1S/C26H24N2/c1-5-9-18(3)23-16-19(13-15-26(23)28(4)6-2)20-12-14-22-21-10-7-8-11-24(21)27-25(22)17-20/h5-17,27H,2-3H2,1,4H3/b9-5-. The molecule has 28 heavy (non-hydrogen) atoms. The van der Waals surface area contributed by atoms with Crippen LogP contribution in [0.2, 0.25) is 0 Å². The number of hydrogen-bond acceptors (Lipinski definition) is 1. The smallest absolute Gasteiger partial charge is 0.0483 e. The van der Waals surface area contributed by atoms with Crippen molar-refractivity contribution in [2.24, 2.45) is 0 Å². The van der Waals surface area contributed by atoms with Gasteiger partial charge in [-0.05, 0) is 54.1 Å². The summed E-state index contributed by atoms with van der Waals surface area (Å²) >= 11 is 0. The number of allylic oxidation sites excluding steroid dienone is 3. The van der Waals surface area contributed by atoms with Crippen molar-refractivity contribution in [2.45, 2.75) is 6.92 Å². The molecule has 0 aliphatic rings. The molecule has 138 valence electrons. The van der Waals surface area contributed by atoms with Crippen LogP contribution < -0.4 is 4.90 Å². The predicted octanol–water partition coefficient (Wildman–Crippen LogP) is 7.16. The van der Waals surface area contributed by atoms with Crippen LogP contribution in [0.1, 0.15) is 12.5 Å². The van der Waals surface area contributed by atoms with E-state index >= 15 is 0 Å². The fourth-order valence-corrected chi connectivity index (χ4v) is 3.70. The summed E-state index contributed by atoms with van der Waals surface area (Å²) in [5.74, 6) is 0. The van der Waals surface area contributed by atoms with Gasteiger partial charge in [-0.25, -0.2) is 0 Å². The normalized spacial score (nSPS) is 11.4. The Morgan fingerprint density at radius 2 is 1.64 bits per heavy atom. The van der Waals surface area contributed by atoms with Gasteiger partial charge in [0.15, 0.2) is 0 Å². The number of para-hydroxylation sites is 1. The van der Waals surface area contributed by atoms with Crippen LogP contribution in [0.25, 0.3) is 38.5 Å². The summed E-state index contributed by atoms with van der Waals surface area (Å²) < 4.78 is 0. The molecule has 4 rings (SSSR count). The Balaban J connectivity index is 1.86. The minimum absolute atomic E-state index is 0.986. The SMILES string of the molecule is C=CN(C)c1ccc(-c2ccc3c(c2)[nH]c2ccccc23)cc1C(=C)/C=C\C. The summed E-state index contributed by atoms with van der Waals surface area (Å²) in [5.41, 5.74) is 7.85. The lowest BCUT2D eigenvalue weighted by atomic mass is 9.96. The van der Waals surface area contributed by atoms with E-state index in [4.69, 9.17) is 0 Å². The summed E-state index contributed by atoms with van der Waals surface area (Å²) in [6.07, 6.45) is 5.88. The second kappa shape index (κ2) is 7.24. The van der Waals surface area contributed by atoms with E-state index in [2.05, 4.69) is 78.8 Å². The lowest BCUT2D eigenvalue weighted by Gasteiger charge is -2.20. The van der Waals surface area contributed by atoms with Gasteiger partial charge in [-0.15, -0.1) is 0 Å². The quantitative estimate of drug-likeness (QED) is 0.372. The lowest BCUT2D eigenvalue weighted by molar-refractivity contribution is 1.20. The number of anilines is 1. The Labute approximate surface area is 166 Å². The third kappa shape index (κ3) is 3.03. The molecule has 0 aliphatic heterocycles. The average Bonchev–Trinajstić information content (AvgIpc) is 3.10. The van der Waals surface area contributed by atoms with Gasteiger partial charge in [-0.3, -0.25) is 0 Å². The molecule has 3 aromatic carbocycles. The fourth-order valence-electron chi connectivity index (χ4n) is 3.70. The van der Waals surface area contributed by atoms with Gasteiger partial charge in [-0.2, -0.15) is 0 Å². The zero-order chi connectivity index (χ0) is 19.7. The molecule has 0 saturated carbocycles. The van der Waals surface area contributed by atoms with Gasteiger partial charge < -0.3 is 9.88 Å². The van der Waals surface area contributed by atoms with Crippen LogP contribution in [-0.4, -0.2) is 12.0 Å². The Hall–Kier alpha value is -3.52. The number of aromatic amines is 1. The molecule has 1 N–H and O–H groups in total. The first-order chi connectivity index (χ1) is 13.6. The molecule has 1 heterocycles. The second-order valence-electron chi connectivity index (χ2n) is 6.98. The molecule has 2 nitrogen and oxygen atoms in total. The van der Waals surface area contributed by atoms with E-state index in [9.17, 15) is 0 Å². The van der Waals surface area contributed by atoms with Crippen LogP contribution in [0, 0.1) is 0 Å². The van der Waals surface area contributed by atoms with Gasteiger partial charge in [-0.1, -0.05) is 61.7 Å². The number of nitrogens with one attached hydrogen (secondary N) is 1. The predicted molar refractivity (Wildman–Crippen MR) is 124 cm³/mol. The van der Waals surface area contributed by atoms with Crippen LogP contribution in [0.4, 0.5) is 5.69 Å². The van der Waals surface area contributed by atoms with Crippen molar-refractivity contribution in [2.75, 3.05) is 11.9 Å². The van der Waals surface area contributed by atoms with Gasteiger partial charge in [0.2, 0.25) is 0 Å². The zero-order valence-corrected chi connectivity index (χ0v) is 16.4. The average molecular weight is 364 g/mol. The topological polar surface area (TPSA) is 19.0 Å². The summed E-state index contributed by atoms with van der Waals surface area (Å²) in [4.78, 5) is 5.56. The van der Waals surface area contributed by atoms with E-state index < -0.39 is 0 Å². The maximum absolute atomic E-state index is 4.25. The Morgan fingerprint density at radius 3 is 2.43 bits per heavy atom. The second-order valence-corrected chi connectivity index (χ2v) is 6.98. The highest BCUT2D eigenvalue weighted by atomic mass is 15.1. The van der Waals surface area contributed by atoms with E-state index in [1.807, 2.05) is 37.2 Å². The molecule has 0 unspecified atom stereocenters. The van der Waals surface area contributed by atoms with Crippen LogP contribution in [0.5, 0.6) is 0 Å². The highest BCUT2D eigenvalue weighted by molar-refractivity contribution is 6.08. The molecule has 0 aliphatic carbocycles. The summed E-state index contributed by atoms with van der Waals surface area (Å²) in [5, 5.41) is 2.51. The molecule has 0 spiro atoms. The highest BCUT2D eigenvalue weighted by Crippen LogP contribution is 2.34. The van der Waals surface area contributed by atoms with E-state index in [0.29, 0.717) is 0 Å². The Morgan fingerprint density at radius 1 is 0.929 bits per heavy atom. The van der Waals surface area contributed by atoms with Crippen LogP contribution in [0.15, 0.2) is 92.2 Å². The number of rotatable bonds is 5. The number of fused-ring (bicyclic) bond motifs is 3. The first-order valence-electron chi connectivity index (χ1n) is 9.44. The molecule has 0 atom stereocenters. The number of aromatic nitrogens is 1. The molecule has 0 saturated heterocycles. The maximum Gasteiger partial charge on any atom is 0.0483 e. The monoisotopic (exact) mass is 364 g/mol. The number of benzene rings is 3. The van der Waals surface area contributed by atoms with Crippen molar-refractivity contribution in [1.82, 2.24) is 4.98 Å². The van der Waals surface area contributed by atoms with Gasteiger partial charge in [0.25, 0.3) is 0 Å². The molecule has 4 aromatic rings. The molecule has 1 aromatic heterocycles. The fraction of sp³-hybridized carbons (Fsp3) is 0.0769. The first kappa shape index (κ1) is 17.9. The minimum Gasteiger partial charge on any atom is -0.354 e. The van der Waals surface area contributed by atoms with Crippen molar-refractivity contribution in [3.8, 4) is 11.1 Å². The molecule has 0 fully saturated rings. The minimum atomic E-state index is 0.986. The van der Waals surface area contributed by atoms with Gasteiger partial charge in [0.1, 0.15) is 0 Å². The zero-order valence-electron chi connectivity index (χ0n) is 16.4. The first-order valence-corrected chi connectivity index (χ1v) is 9.44. The van der Waals surface area contributed by atoms with E-state index in [1.54, 1.807) is 0 Å². The van der Waals surface area contributed by atoms with Gasteiger partial charge in [0, 0.05) is 40.1 Å². The number of H-pyrrole nitrogens is 1. The number of hydrogen-bond donors (Lipinski definition) is 1. The van der Waals surface area contributed by atoms with Crippen LogP contribution >= 0.6 is 0 Å². The van der Waals surface area contributed by atoms with E-state index in [1.165, 1.54) is 27.4 Å². The van der Waals surface area contributed by atoms with Crippen molar-refractivity contribution < 1.29 is 0 Å². The van der Waals surface area contributed by atoms with Crippen LogP contribution in [-0.2, 0) is 0 Å². The van der Waals surface area contributed by atoms with Crippen molar-refractivity contribution in [3.63, 3.8) is 0 Å². The largest absolute Gasteiger partial charge is 0.354 e. The third-order valence-electron chi connectivity index (χ3n) is 5.20. The van der Waals surface area contributed by atoms with Crippen molar-refractivity contribution in [1.29, 1.82) is 0 Å². The van der Waals surface area contributed by atoms with Crippen LogP contribution in [0.3, 0.4) is 0 Å². The molecular formula is C26H24N2. The molecule has 0 bridgehead atoms. The van der Waals surface area contributed by atoms with Gasteiger partial charge in [0.05, 0.1) is 0 Å². The van der Waals surface area contributed by atoms with E-state index in [0.717, 1.165) is 22.3 Å². The third-order valence-corrected chi connectivity index (χ3v) is 5.20. The molecule has 0 amide bonds. The molecule has 2 heteroatoms.